The van der Waals surface area contributed by atoms with Crippen LogP contribution in [0.3, 0.4) is 0 Å². The molecule has 0 amide bonds. The molecule has 1 aromatic carbocycles. The third-order valence-electron chi connectivity index (χ3n) is 5.06. The molecule has 0 saturated heterocycles. The van der Waals surface area contributed by atoms with Crippen molar-refractivity contribution in [2.75, 3.05) is 19.1 Å². The van der Waals surface area contributed by atoms with Crippen LogP contribution >= 0.6 is 11.8 Å². The number of nitrogens with two attached hydrogens (primary N) is 1. The van der Waals surface area contributed by atoms with E-state index in [-0.39, 0.29) is 6.79 Å². The number of nitrogens with one attached hydrogen (secondary N) is 1. The summed E-state index contributed by atoms with van der Waals surface area (Å²) in [7, 11) is 0. The molecule has 3 N–H and O–H groups in total. The first-order valence-electron chi connectivity index (χ1n) is 10.8. The minimum Gasteiger partial charge on any atom is -0.454 e. The molecule has 1 unspecified atom stereocenters. The Morgan fingerprint density at radius 3 is 2.71 bits per heavy atom. The summed E-state index contributed by atoms with van der Waals surface area (Å²) in [6, 6.07) is 4.52. The number of rotatable bonds is 8. The topological polar surface area (TPSA) is 100 Å². The van der Waals surface area contributed by atoms with Gasteiger partial charge < -0.3 is 25.1 Å². The number of hydrogen-bond acceptors (Lipinski definition) is 8. The van der Waals surface area contributed by atoms with Crippen LogP contribution in [0.1, 0.15) is 46.1 Å². The lowest BCUT2D eigenvalue weighted by Crippen LogP contribution is -2.26. The molecule has 0 aliphatic carbocycles. The predicted molar refractivity (Wildman–Crippen MR) is 125 cm³/mol. The molecule has 1 aliphatic heterocycles. The third kappa shape index (κ3) is 5.22. The van der Waals surface area contributed by atoms with Gasteiger partial charge in [-0.05, 0) is 50.9 Å². The van der Waals surface area contributed by atoms with Crippen LogP contribution in [-0.4, -0.2) is 38.9 Å². The molecule has 0 spiro atoms. The molecular weight excluding hydrogens is 412 g/mol. The Labute approximate surface area is 188 Å². The summed E-state index contributed by atoms with van der Waals surface area (Å²) in [6.07, 6.45) is 3.57. The summed E-state index contributed by atoms with van der Waals surface area (Å²) in [5.74, 6) is 1.94. The number of imidazole rings is 1. The van der Waals surface area contributed by atoms with Crippen LogP contribution in [0.25, 0.3) is 11.2 Å². The van der Waals surface area contributed by atoms with Crippen molar-refractivity contribution in [1.29, 1.82) is 0 Å². The molecule has 31 heavy (non-hydrogen) atoms. The number of nitrogen functional groups attached to an aromatic ring is 1. The van der Waals surface area contributed by atoms with Gasteiger partial charge in [-0.15, -0.1) is 0 Å². The highest BCUT2D eigenvalue weighted by molar-refractivity contribution is 7.99. The van der Waals surface area contributed by atoms with Crippen LogP contribution in [0.15, 0.2) is 28.5 Å². The lowest BCUT2D eigenvalue weighted by atomic mass is 10.2. The molecule has 3 heterocycles. The van der Waals surface area contributed by atoms with Gasteiger partial charge in [-0.3, -0.25) is 0 Å². The number of aryl methyl sites for hydroxylation is 2. The molecule has 9 heteroatoms. The van der Waals surface area contributed by atoms with E-state index in [1.54, 1.807) is 11.8 Å². The Morgan fingerprint density at radius 2 is 1.97 bits per heavy atom. The van der Waals surface area contributed by atoms with Gasteiger partial charge in [-0.1, -0.05) is 32.5 Å². The van der Waals surface area contributed by atoms with Crippen LogP contribution in [0.5, 0.6) is 11.5 Å². The molecule has 0 saturated carbocycles. The second kappa shape index (κ2) is 10.7. The Bertz CT molecular complexity index is 1020. The average molecular weight is 445 g/mol. The van der Waals surface area contributed by atoms with Gasteiger partial charge in [0.1, 0.15) is 6.33 Å². The molecule has 2 aromatic heterocycles. The largest absolute Gasteiger partial charge is 0.454 e. The van der Waals surface area contributed by atoms with Gasteiger partial charge in [-0.2, -0.15) is 0 Å². The summed E-state index contributed by atoms with van der Waals surface area (Å²) in [5.41, 5.74) is 8.58. The first kappa shape index (κ1) is 23.1. The highest BCUT2D eigenvalue weighted by Gasteiger charge is 2.20. The molecule has 0 radical (unpaired) electrons. The van der Waals surface area contributed by atoms with E-state index in [0.717, 1.165) is 58.7 Å². The predicted octanol–water partition coefficient (Wildman–Crippen LogP) is 4.40. The lowest BCUT2D eigenvalue weighted by molar-refractivity contribution is 0.174. The van der Waals surface area contributed by atoms with Crippen LogP contribution in [0.4, 0.5) is 5.82 Å². The molecule has 1 aliphatic rings. The normalized spacial score (nSPS) is 13.2. The van der Waals surface area contributed by atoms with E-state index < -0.39 is 0 Å². The number of hydrogen-bond donors (Lipinski definition) is 2. The van der Waals surface area contributed by atoms with Gasteiger partial charge in [-0.25, -0.2) is 15.0 Å². The highest BCUT2D eigenvalue weighted by Crippen LogP contribution is 2.40. The number of nitrogens with zero attached hydrogens (tertiary/aromatic N) is 4. The van der Waals surface area contributed by atoms with Gasteiger partial charge >= 0.3 is 0 Å². The Kier molecular flexibility index (Phi) is 7.97. The van der Waals surface area contributed by atoms with Gasteiger partial charge in [0, 0.05) is 17.5 Å². The average Bonchev–Trinajstić information content (AvgIpc) is 3.37. The van der Waals surface area contributed by atoms with Gasteiger partial charge in [0.25, 0.3) is 0 Å². The molecule has 1 atom stereocenters. The van der Waals surface area contributed by atoms with Crippen LogP contribution in [-0.2, 0) is 6.54 Å². The zero-order valence-corrected chi connectivity index (χ0v) is 19.8. The third-order valence-corrected chi connectivity index (χ3v) is 6.21. The van der Waals surface area contributed by atoms with Crippen molar-refractivity contribution in [1.82, 2.24) is 24.8 Å². The maximum Gasteiger partial charge on any atom is 0.231 e. The number of aromatic nitrogens is 4. The van der Waals surface area contributed by atoms with E-state index in [9.17, 15) is 0 Å². The SMILES string of the molecule is CC.CCC(C)NCCCn1c(Sc2cc3c(cc2C)OCO3)nc2c(N)ncnc21. The van der Waals surface area contributed by atoms with Crippen molar-refractivity contribution in [3.05, 3.63) is 24.0 Å². The second-order valence-electron chi connectivity index (χ2n) is 7.17. The number of fused-ring (bicyclic) bond motifs is 2. The van der Waals surface area contributed by atoms with Gasteiger partial charge in [0.05, 0.1) is 0 Å². The second-order valence-corrected chi connectivity index (χ2v) is 8.18. The standard InChI is InChI=1S/C20H26N6O2S.C2H6/c1-4-13(3)22-6-5-7-26-19-17(18(21)23-10-24-19)25-20(26)29-16-9-15-14(8-12(16)2)27-11-28-15;1-2/h8-10,13,22H,4-7,11H2,1-3H3,(H2,21,23,24);1-2H3. The van der Waals surface area contributed by atoms with Crippen molar-refractivity contribution >= 4 is 28.7 Å². The summed E-state index contributed by atoms with van der Waals surface area (Å²) >= 11 is 1.58. The fraction of sp³-hybridized carbons (Fsp3) is 0.500. The number of benzene rings is 1. The molecule has 0 bridgehead atoms. The highest BCUT2D eigenvalue weighted by atomic mass is 32.2. The van der Waals surface area contributed by atoms with Gasteiger partial charge in [0.15, 0.2) is 33.6 Å². The summed E-state index contributed by atoms with van der Waals surface area (Å²) in [6.45, 7) is 12.4. The summed E-state index contributed by atoms with van der Waals surface area (Å²) in [5, 5.41) is 4.38. The smallest absolute Gasteiger partial charge is 0.231 e. The minimum absolute atomic E-state index is 0.261. The Balaban J connectivity index is 0.00000132. The molecule has 0 fully saturated rings. The maximum absolute atomic E-state index is 6.06. The summed E-state index contributed by atoms with van der Waals surface area (Å²) in [4.78, 5) is 14.4. The molecule has 4 rings (SSSR count). The van der Waals surface area contributed by atoms with E-state index >= 15 is 0 Å². The molecule has 8 nitrogen and oxygen atoms in total. The van der Waals surface area contributed by atoms with Crippen LogP contribution in [0.2, 0.25) is 0 Å². The van der Waals surface area contributed by atoms with Crippen molar-refractivity contribution in [3.63, 3.8) is 0 Å². The van der Waals surface area contributed by atoms with Crippen molar-refractivity contribution in [3.8, 4) is 11.5 Å². The van der Waals surface area contributed by atoms with Crippen molar-refractivity contribution in [2.45, 2.75) is 70.1 Å². The Hall–Kier alpha value is -2.52. The molecule has 3 aromatic rings. The van der Waals surface area contributed by atoms with Gasteiger partial charge in [0.2, 0.25) is 6.79 Å². The van der Waals surface area contributed by atoms with E-state index in [1.807, 2.05) is 26.0 Å². The quantitative estimate of drug-likeness (QED) is 0.493. The first-order chi connectivity index (χ1) is 15.1. The molecule has 168 valence electrons. The fourth-order valence-electron chi connectivity index (χ4n) is 3.18. The maximum atomic E-state index is 6.06. The molecular formula is C22H32N6O2S. The van der Waals surface area contributed by atoms with Crippen LogP contribution in [0, 0.1) is 6.92 Å². The van der Waals surface area contributed by atoms with E-state index in [0.29, 0.717) is 17.4 Å². The summed E-state index contributed by atoms with van der Waals surface area (Å²) < 4.78 is 13.1. The number of anilines is 1. The van der Waals surface area contributed by atoms with E-state index in [4.69, 9.17) is 20.2 Å². The fourth-order valence-corrected chi connectivity index (χ4v) is 4.18. The minimum atomic E-state index is 0.261. The van der Waals surface area contributed by atoms with E-state index in [1.165, 1.54) is 6.33 Å². The zero-order valence-electron chi connectivity index (χ0n) is 18.9. The Morgan fingerprint density at radius 1 is 1.23 bits per heavy atom. The first-order valence-corrected chi connectivity index (χ1v) is 11.7. The zero-order chi connectivity index (χ0) is 22.4. The number of ether oxygens (including phenoxy) is 2. The lowest BCUT2D eigenvalue weighted by Gasteiger charge is -2.13. The van der Waals surface area contributed by atoms with E-state index in [2.05, 4.69) is 40.6 Å². The van der Waals surface area contributed by atoms with Crippen molar-refractivity contribution < 1.29 is 9.47 Å². The van der Waals surface area contributed by atoms with Crippen LogP contribution < -0.4 is 20.5 Å². The van der Waals surface area contributed by atoms with Crippen molar-refractivity contribution in [2.24, 2.45) is 0 Å². The monoisotopic (exact) mass is 444 g/mol.